The minimum atomic E-state index is -1.72. The predicted octanol–water partition coefficient (Wildman–Crippen LogP) is 1.11. The van der Waals surface area contributed by atoms with Crippen molar-refractivity contribution in [3.63, 3.8) is 0 Å². The first-order chi connectivity index (χ1) is 4.00. The van der Waals surface area contributed by atoms with Gasteiger partial charge in [-0.05, 0) is 0 Å². The van der Waals surface area contributed by atoms with E-state index in [-0.39, 0.29) is 26.2 Å². The molecule has 0 aromatic heterocycles. The summed E-state index contributed by atoms with van der Waals surface area (Å²) in [6, 6.07) is 0. The Bertz CT molecular complexity index is 82.1. The van der Waals surface area contributed by atoms with Gasteiger partial charge in [-0.15, -0.1) is 0 Å². The molecule has 0 atom stereocenters. The molecule has 0 unspecified atom stereocenters. The van der Waals surface area contributed by atoms with Gasteiger partial charge in [-0.1, -0.05) is 0 Å². The minimum Gasteiger partial charge on any atom is -0.374 e. The van der Waals surface area contributed by atoms with Crippen LogP contribution < -0.4 is 5.90 Å². The number of carbonyl (C=O) groups excluding carboxylic acids is 1. The largest absolute Gasteiger partial charge is 0.643 e. The fraction of sp³-hybridized carbons (Fsp3) is 0.500. The maximum atomic E-state index is 9.47. The Labute approximate surface area is 95.2 Å². The normalized spacial score (nSPS) is 6.10. The number of hydrogen-bond donors (Lipinski definition) is 1. The molecule has 0 amide bonds. The van der Waals surface area contributed by atoms with E-state index < -0.39 is 17.4 Å². The van der Waals surface area contributed by atoms with Crippen molar-refractivity contribution in [2.24, 2.45) is 5.90 Å². The fourth-order valence-electron chi connectivity index (χ4n) is 0. The molecule has 0 fully saturated rings. The Balaban J connectivity index is -0.0000000910. The van der Waals surface area contributed by atoms with Crippen LogP contribution in [0.25, 0.3) is 0 Å². The number of nitrogens with two attached hydrogens (primary N) is 1. The molecule has 0 spiro atoms. The average molecular weight is 300 g/mol. The van der Waals surface area contributed by atoms with Gasteiger partial charge in [-0.2, -0.15) is 5.90 Å². The molecule has 0 aliphatic carbocycles. The van der Waals surface area contributed by atoms with Gasteiger partial charge in [-0.3, -0.25) is 4.79 Å². The zero-order chi connectivity index (χ0) is 7.86. The van der Waals surface area contributed by atoms with Gasteiger partial charge in [0, 0.05) is 33.1 Å². The Morgan fingerprint density at radius 1 is 1.50 bits per heavy atom. The SMILES string of the molecule is CC(=O)ON.[Cl][Al]([Cl])[Cl].[Zr]. The van der Waals surface area contributed by atoms with Crippen molar-refractivity contribution in [1.29, 1.82) is 0 Å². The molecule has 10 heavy (non-hydrogen) atoms. The van der Waals surface area contributed by atoms with E-state index in [1.807, 2.05) is 0 Å². The van der Waals surface area contributed by atoms with Gasteiger partial charge in [0.05, 0.1) is 0 Å². The second kappa shape index (κ2) is 13.3. The first-order valence-electron chi connectivity index (χ1n) is 1.80. The van der Waals surface area contributed by atoms with Crippen LogP contribution in [0.4, 0.5) is 0 Å². The molecule has 0 aromatic carbocycles. The molecule has 0 rings (SSSR count). The minimum absolute atomic E-state index is 0. The molecule has 2 N–H and O–H groups in total. The average Bonchev–Trinajstić information content (AvgIpc) is 1.65. The van der Waals surface area contributed by atoms with Crippen LogP contribution in [0, 0.1) is 0 Å². The molecule has 0 saturated heterocycles. The third-order valence-electron chi connectivity index (χ3n) is 0.166. The standard InChI is InChI=1S/C2H5NO2.Al.3ClH.Zr/c1-2(4)5-3;;;;;/h3H2,1H3;;3*1H;/q;+3;;;;/p-3. The van der Waals surface area contributed by atoms with Crippen LogP contribution in [0.15, 0.2) is 0 Å². The Morgan fingerprint density at radius 2 is 1.60 bits per heavy atom. The van der Waals surface area contributed by atoms with Crippen LogP contribution in [0.2, 0.25) is 0 Å². The quantitative estimate of drug-likeness (QED) is 0.538. The molecule has 0 bridgehead atoms. The van der Waals surface area contributed by atoms with E-state index in [1.165, 1.54) is 6.92 Å². The number of halogens is 3. The monoisotopic (exact) mass is 297 g/mol. The van der Waals surface area contributed by atoms with E-state index in [4.69, 9.17) is 30.1 Å². The summed E-state index contributed by atoms with van der Waals surface area (Å²) in [5.74, 6) is 3.85. The van der Waals surface area contributed by atoms with Crippen LogP contribution >= 0.6 is 30.1 Å². The van der Waals surface area contributed by atoms with Crippen molar-refractivity contribution in [2.45, 2.75) is 6.92 Å². The van der Waals surface area contributed by atoms with E-state index >= 15 is 0 Å². The molecular formula is C2H5AlCl3NO2Zr. The molecule has 8 heteroatoms. The molecule has 0 saturated carbocycles. The van der Waals surface area contributed by atoms with Crippen molar-refractivity contribution >= 4 is 47.5 Å². The predicted molar refractivity (Wildman–Crippen MR) is 39.3 cm³/mol. The van der Waals surface area contributed by atoms with Crippen LogP contribution in [-0.4, -0.2) is 17.4 Å². The summed E-state index contributed by atoms with van der Waals surface area (Å²) in [6.07, 6.45) is 0. The van der Waals surface area contributed by atoms with E-state index in [1.54, 1.807) is 0 Å². The number of carbonyl (C=O) groups is 1. The van der Waals surface area contributed by atoms with Gasteiger partial charge < -0.3 is 4.84 Å². The van der Waals surface area contributed by atoms with E-state index in [2.05, 4.69) is 10.7 Å². The zero-order valence-electron chi connectivity index (χ0n) is 5.11. The van der Waals surface area contributed by atoms with Gasteiger partial charge in [0.1, 0.15) is 0 Å². The molecule has 0 aliphatic rings. The summed E-state index contributed by atoms with van der Waals surface area (Å²) < 4.78 is 0. The summed E-state index contributed by atoms with van der Waals surface area (Å²) in [5.41, 5.74) is 0. The van der Waals surface area contributed by atoms with Crippen LogP contribution in [0.1, 0.15) is 6.92 Å². The number of rotatable bonds is 0. The zero-order valence-corrected chi connectivity index (χ0v) is 11.0. The maximum absolute atomic E-state index is 9.47. The molecule has 0 aromatic rings. The third kappa shape index (κ3) is 53.5. The van der Waals surface area contributed by atoms with Crippen molar-refractivity contribution < 1.29 is 35.8 Å². The first kappa shape index (κ1) is 17.7. The molecule has 3 nitrogen and oxygen atoms in total. The second-order valence-corrected chi connectivity index (χ2v) is 7.29. The van der Waals surface area contributed by atoms with Crippen LogP contribution in [-0.2, 0) is 35.8 Å². The molecule has 0 radical (unpaired) electrons. The Morgan fingerprint density at radius 3 is 1.60 bits per heavy atom. The van der Waals surface area contributed by atoms with Gasteiger partial charge in [0.25, 0.3) is 0 Å². The van der Waals surface area contributed by atoms with Crippen molar-refractivity contribution in [2.75, 3.05) is 0 Å². The molecule has 0 aliphatic heterocycles. The molecule has 0 heterocycles. The van der Waals surface area contributed by atoms with Gasteiger partial charge >= 0.3 is 17.4 Å². The van der Waals surface area contributed by atoms with Crippen LogP contribution in [0.3, 0.4) is 0 Å². The van der Waals surface area contributed by atoms with Crippen LogP contribution in [0.5, 0.6) is 0 Å². The summed E-state index contributed by atoms with van der Waals surface area (Å²) in [5, 5.41) is 0. The Kier molecular flexibility index (Phi) is 23.6. The summed E-state index contributed by atoms with van der Waals surface area (Å²) in [6.45, 7) is 1.24. The van der Waals surface area contributed by atoms with Gasteiger partial charge in [0.2, 0.25) is 0 Å². The maximum Gasteiger partial charge on any atom is 0.643 e. The van der Waals surface area contributed by atoms with E-state index in [0.29, 0.717) is 0 Å². The van der Waals surface area contributed by atoms with Gasteiger partial charge in [-0.25, -0.2) is 30.1 Å². The fourth-order valence-corrected chi connectivity index (χ4v) is 0. The smallest absolute Gasteiger partial charge is 0.374 e. The summed E-state index contributed by atoms with van der Waals surface area (Å²) in [4.78, 5) is 13.1. The van der Waals surface area contributed by atoms with Gasteiger partial charge in [0.15, 0.2) is 0 Å². The molecular weight excluding hydrogens is 295 g/mol. The van der Waals surface area contributed by atoms with E-state index in [9.17, 15) is 4.79 Å². The first-order valence-corrected chi connectivity index (χ1v) is 7.04. The third-order valence-corrected chi connectivity index (χ3v) is 0.166. The number of hydrogen-bond acceptors (Lipinski definition) is 3. The summed E-state index contributed by atoms with van der Waals surface area (Å²) >= 11 is -1.72. The van der Waals surface area contributed by atoms with Crippen molar-refractivity contribution in [3.8, 4) is 0 Å². The summed E-state index contributed by atoms with van der Waals surface area (Å²) in [7, 11) is 14.8. The topological polar surface area (TPSA) is 52.3 Å². The van der Waals surface area contributed by atoms with E-state index in [0.717, 1.165) is 0 Å². The van der Waals surface area contributed by atoms with Crippen molar-refractivity contribution in [1.82, 2.24) is 0 Å². The Hall–Kier alpha value is 1.72. The second-order valence-electron chi connectivity index (χ2n) is 0.857. The van der Waals surface area contributed by atoms with Crippen molar-refractivity contribution in [3.05, 3.63) is 0 Å². The molecule has 58 valence electrons.